The Balaban J connectivity index is 2.01. The second kappa shape index (κ2) is 11.3. The van der Waals surface area contributed by atoms with Crippen LogP contribution < -0.4 is 9.47 Å². The number of carbonyl (C=O) groups is 2. The molecule has 1 aliphatic rings. The van der Waals surface area contributed by atoms with Crippen molar-refractivity contribution in [1.29, 1.82) is 0 Å². The predicted octanol–water partition coefficient (Wildman–Crippen LogP) is 4.11. The fourth-order valence-electron chi connectivity index (χ4n) is 3.63. The molecule has 33 heavy (non-hydrogen) atoms. The zero-order chi connectivity index (χ0) is 23.8. The molecule has 1 aliphatic heterocycles. The summed E-state index contributed by atoms with van der Waals surface area (Å²) in [5, 5.41) is 11.1. The summed E-state index contributed by atoms with van der Waals surface area (Å²) in [4.78, 5) is 27.3. The number of ether oxygens (including phenoxy) is 3. The van der Waals surface area contributed by atoms with Gasteiger partial charge in [-0.1, -0.05) is 31.7 Å². The minimum absolute atomic E-state index is 0.0399. The molecule has 0 saturated carbocycles. The van der Waals surface area contributed by atoms with Crippen LogP contribution in [0.25, 0.3) is 5.76 Å². The van der Waals surface area contributed by atoms with Crippen molar-refractivity contribution in [3.63, 3.8) is 0 Å². The average molecular weight is 452 g/mol. The lowest BCUT2D eigenvalue weighted by atomic mass is 9.95. The lowest BCUT2D eigenvalue weighted by molar-refractivity contribution is -0.140. The molecule has 7 nitrogen and oxygen atoms in total. The Hall–Kier alpha value is -3.58. The number of carbonyl (C=O) groups excluding carboxylic acids is 2. The number of hydrogen-bond donors (Lipinski definition) is 1. The van der Waals surface area contributed by atoms with E-state index in [1.165, 1.54) is 12.0 Å². The van der Waals surface area contributed by atoms with Gasteiger partial charge in [-0.25, -0.2) is 0 Å². The molecule has 1 atom stereocenters. The molecule has 1 fully saturated rings. The van der Waals surface area contributed by atoms with Crippen molar-refractivity contribution in [1.82, 2.24) is 4.90 Å². The van der Waals surface area contributed by atoms with Crippen LogP contribution in [0.1, 0.15) is 30.5 Å². The molecule has 0 aromatic heterocycles. The van der Waals surface area contributed by atoms with Gasteiger partial charge in [-0.05, 0) is 48.4 Å². The number of Topliss-reactive ketones (excluding diaryl/α,β-unsaturated/α-hetero) is 1. The molecule has 1 N–H and O–H groups in total. The Morgan fingerprint density at radius 2 is 1.67 bits per heavy atom. The quantitative estimate of drug-likeness (QED) is 0.240. The highest BCUT2D eigenvalue weighted by molar-refractivity contribution is 6.46. The average Bonchev–Trinajstić information content (AvgIpc) is 3.10. The molecule has 7 heteroatoms. The van der Waals surface area contributed by atoms with Gasteiger partial charge >= 0.3 is 0 Å². The largest absolute Gasteiger partial charge is 0.507 e. The van der Waals surface area contributed by atoms with E-state index in [9.17, 15) is 14.7 Å². The van der Waals surface area contributed by atoms with E-state index in [0.29, 0.717) is 35.8 Å². The molecule has 0 unspecified atom stereocenters. The van der Waals surface area contributed by atoms with Crippen LogP contribution in [0.2, 0.25) is 0 Å². The number of hydrogen-bond acceptors (Lipinski definition) is 6. The Kier molecular flexibility index (Phi) is 8.27. The minimum atomic E-state index is -0.739. The first kappa shape index (κ1) is 24.1. The minimum Gasteiger partial charge on any atom is -0.507 e. The molecule has 0 radical (unpaired) electrons. The van der Waals surface area contributed by atoms with Gasteiger partial charge in [0.25, 0.3) is 11.7 Å². The summed E-state index contributed by atoms with van der Waals surface area (Å²) >= 11 is 0. The number of methoxy groups -OCH3 is 1. The number of amides is 1. The predicted molar refractivity (Wildman–Crippen MR) is 125 cm³/mol. The second-order valence-corrected chi connectivity index (χ2v) is 7.53. The lowest BCUT2D eigenvalue weighted by Gasteiger charge is -2.25. The molecule has 2 aromatic carbocycles. The van der Waals surface area contributed by atoms with Crippen LogP contribution in [0.5, 0.6) is 11.5 Å². The molecule has 2 aromatic rings. The van der Waals surface area contributed by atoms with Gasteiger partial charge in [-0.2, -0.15) is 0 Å². The van der Waals surface area contributed by atoms with Gasteiger partial charge in [0.15, 0.2) is 0 Å². The zero-order valence-electron chi connectivity index (χ0n) is 19.0. The monoisotopic (exact) mass is 451 g/mol. The highest BCUT2D eigenvalue weighted by atomic mass is 16.5. The van der Waals surface area contributed by atoms with E-state index in [-0.39, 0.29) is 24.5 Å². The number of aliphatic hydroxyl groups excluding tert-OH is 1. The third kappa shape index (κ3) is 5.43. The summed E-state index contributed by atoms with van der Waals surface area (Å²) in [6.07, 6.45) is 2.52. The van der Waals surface area contributed by atoms with Gasteiger partial charge in [-0.15, -0.1) is 0 Å². The van der Waals surface area contributed by atoms with Crippen LogP contribution in [-0.2, 0) is 14.3 Å². The third-order valence-corrected chi connectivity index (χ3v) is 5.24. The number of likely N-dealkylation sites (tertiary alicyclic amines) is 1. The molecule has 3 rings (SSSR count). The van der Waals surface area contributed by atoms with E-state index in [4.69, 9.17) is 14.2 Å². The van der Waals surface area contributed by atoms with Crippen molar-refractivity contribution in [2.24, 2.45) is 0 Å². The van der Waals surface area contributed by atoms with Crippen LogP contribution in [0.3, 0.4) is 0 Å². The van der Waals surface area contributed by atoms with Crippen LogP contribution in [0.4, 0.5) is 0 Å². The third-order valence-electron chi connectivity index (χ3n) is 5.24. The molecule has 0 spiro atoms. The standard InChI is InChI=1S/C26H29NO6/c1-4-15-32-20-10-6-18(7-11-20)23-22(25(29)26(30)27(23)14-17-31-3)24(28)19-8-12-21(13-9-19)33-16-5-2/h5-13,23,28H,2,4,14-17H2,1,3H3/t23-/m1/s1. The molecule has 1 heterocycles. The SMILES string of the molecule is C=CCOc1ccc(C(O)=C2C(=O)C(=O)N(CCOC)[C@@H]2c2ccc(OCCC)cc2)cc1. The fourth-order valence-corrected chi connectivity index (χ4v) is 3.63. The van der Waals surface area contributed by atoms with Crippen molar-refractivity contribution in [3.8, 4) is 11.5 Å². The summed E-state index contributed by atoms with van der Waals surface area (Å²) in [5.41, 5.74) is 1.15. The molecule has 174 valence electrons. The zero-order valence-corrected chi connectivity index (χ0v) is 19.0. The van der Waals surface area contributed by atoms with Crippen LogP contribution >= 0.6 is 0 Å². The van der Waals surface area contributed by atoms with Gasteiger partial charge in [0, 0.05) is 19.2 Å². The highest BCUT2D eigenvalue weighted by Crippen LogP contribution is 2.39. The van der Waals surface area contributed by atoms with Crippen LogP contribution in [-0.4, -0.2) is 55.2 Å². The maximum atomic E-state index is 13.0. The van der Waals surface area contributed by atoms with Crippen molar-refractivity contribution >= 4 is 17.4 Å². The summed E-state index contributed by atoms with van der Waals surface area (Å²) < 4.78 is 16.3. The first-order valence-electron chi connectivity index (χ1n) is 10.9. The first-order valence-corrected chi connectivity index (χ1v) is 10.9. The Labute approximate surface area is 193 Å². The lowest BCUT2D eigenvalue weighted by Crippen LogP contribution is -2.32. The van der Waals surface area contributed by atoms with Gasteiger partial charge < -0.3 is 24.2 Å². The molecule has 1 amide bonds. The smallest absolute Gasteiger partial charge is 0.295 e. The fraction of sp³-hybridized carbons (Fsp3) is 0.308. The molecule has 0 bridgehead atoms. The maximum absolute atomic E-state index is 13.0. The van der Waals surface area contributed by atoms with Crippen molar-refractivity contribution in [3.05, 3.63) is 77.9 Å². The first-order chi connectivity index (χ1) is 16.0. The van der Waals surface area contributed by atoms with E-state index in [1.54, 1.807) is 54.6 Å². The summed E-state index contributed by atoms with van der Waals surface area (Å²) in [7, 11) is 1.53. The van der Waals surface area contributed by atoms with Gasteiger partial charge in [0.1, 0.15) is 23.9 Å². The molecule has 1 saturated heterocycles. The Bertz CT molecular complexity index is 1010. The van der Waals surface area contributed by atoms with E-state index in [1.807, 2.05) is 6.92 Å². The Morgan fingerprint density at radius 1 is 1.03 bits per heavy atom. The summed E-state index contributed by atoms with van der Waals surface area (Å²) in [5.74, 6) is -0.335. The van der Waals surface area contributed by atoms with Crippen molar-refractivity contribution in [2.75, 3.05) is 33.5 Å². The van der Waals surface area contributed by atoms with E-state index in [2.05, 4.69) is 6.58 Å². The van der Waals surface area contributed by atoms with Gasteiger partial charge in [0.05, 0.1) is 24.8 Å². The number of ketones is 1. The van der Waals surface area contributed by atoms with Gasteiger partial charge in [-0.3, -0.25) is 9.59 Å². The number of benzene rings is 2. The molecular weight excluding hydrogens is 422 g/mol. The van der Waals surface area contributed by atoms with Crippen LogP contribution in [0, 0.1) is 0 Å². The number of aliphatic hydroxyl groups is 1. The van der Waals surface area contributed by atoms with E-state index < -0.39 is 17.7 Å². The van der Waals surface area contributed by atoms with E-state index >= 15 is 0 Å². The topological polar surface area (TPSA) is 85.3 Å². The van der Waals surface area contributed by atoms with Gasteiger partial charge in [0.2, 0.25) is 0 Å². The summed E-state index contributed by atoms with van der Waals surface area (Å²) in [6.45, 7) is 7.06. The highest BCUT2D eigenvalue weighted by Gasteiger charge is 2.45. The second-order valence-electron chi connectivity index (χ2n) is 7.53. The maximum Gasteiger partial charge on any atom is 0.295 e. The number of rotatable bonds is 11. The van der Waals surface area contributed by atoms with E-state index in [0.717, 1.165) is 6.42 Å². The Morgan fingerprint density at radius 3 is 2.27 bits per heavy atom. The molecular formula is C26H29NO6. The number of nitrogens with zero attached hydrogens (tertiary/aromatic N) is 1. The van der Waals surface area contributed by atoms with Crippen LogP contribution in [0.15, 0.2) is 66.8 Å². The molecule has 0 aliphatic carbocycles. The normalized spacial score (nSPS) is 17.3. The van der Waals surface area contributed by atoms with Crippen molar-refractivity contribution in [2.45, 2.75) is 19.4 Å². The van der Waals surface area contributed by atoms with Crippen molar-refractivity contribution < 1.29 is 28.9 Å². The summed E-state index contributed by atoms with van der Waals surface area (Å²) in [6, 6.07) is 13.1.